The molecule has 1 amide bonds. The molecule has 9 heteroatoms. The predicted octanol–water partition coefficient (Wildman–Crippen LogP) is 6.62. The number of carboxylic acids is 1. The molecular weight excluding hydrogens is 528 g/mol. The van der Waals surface area contributed by atoms with Crippen molar-refractivity contribution in [1.82, 2.24) is 0 Å². The first-order chi connectivity index (χ1) is 14.3. The highest BCUT2D eigenvalue weighted by molar-refractivity contribution is 9.10. The summed E-state index contributed by atoms with van der Waals surface area (Å²) in [5.41, 5.74) is 0.624. The largest absolute Gasteiger partial charge is 0.478 e. The Bertz CT molecular complexity index is 1030. The second-order valence-electron chi connectivity index (χ2n) is 5.74. The van der Waals surface area contributed by atoms with Crippen LogP contribution in [0.2, 0.25) is 0 Å². The smallest absolute Gasteiger partial charge is 0.412 e. The Kier molecular flexibility index (Phi) is 8.94. The van der Waals surface area contributed by atoms with Crippen molar-refractivity contribution in [3.8, 4) is 0 Å². The van der Waals surface area contributed by atoms with Crippen LogP contribution in [0.4, 0.5) is 19.3 Å². The number of amides is 1. The molecule has 0 atom stereocenters. The van der Waals surface area contributed by atoms with E-state index in [9.17, 15) is 18.4 Å². The number of aromatic carboxylic acids is 1. The number of hydrogen-bond acceptors (Lipinski definition) is 3. The van der Waals surface area contributed by atoms with Crippen molar-refractivity contribution in [3.05, 3.63) is 98.4 Å². The van der Waals surface area contributed by atoms with E-state index in [1.165, 1.54) is 24.3 Å². The van der Waals surface area contributed by atoms with Crippen LogP contribution in [0.25, 0.3) is 0 Å². The maximum Gasteiger partial charge on any atom is 0.412 e. The van der Waals surface area contributed by atoms with Crippen LogP contribution in [0, 0.1) is 11.6 Å². The van der Waals surface area contributed by atoms with Crippen LogP contribution in [-0.4, -0.2) is 17.2 Å². The van der Waals surface area contributed by atoms with Gasteiger partial charge in [0, 0.05) is 8.95 Å². The van der Waals surface area contributed by atoms with Crippen LogP contribution in [0.3, 0.4) is 0 Å². The molecule has 0 saturated carbocycles. The van der Waals surface area contributed by atoms with Gasteiger partial charge in [0.25, 0.3) is 0 Å². The molecule has 0 aliphatic heterocycles. The molecule has 0 fully saturated rings. The van der Waals surface area contributed by atoms with Crippen LogP contribution >= 0.6 is 31.9 Å². The minimum absolute atomic E-state index is 0.0763. The van der Waals surface area contributed by atoms with Gasteiger partial charge >= 0.3 is 12.1 Å². The number of rotatable bonds is 4. The van der Waals surface area contributed by atoms with Gasteiger partial charge in [-0.05, 0) is 42.0 Å². The fourth-order valence-corrected chi connectivity index (χ4v) is 2.85. The summed E-state index contributed by atoms with van der Waals surface area (Å²) in [5.74, 6) is -2.50. The van der Waals surface area contributed by atoms with Crippen LogP contribution in [0.15, 0.2) is 75.7 Å². The van der Waals surface area contributed by atoms with Gasteiger partial charge in [0.2, 0.25) is 0 Å². The summed E-state index contributed by atoms with van der Waals surface area (Å²) < 4.78 is 32.2. The molecule has 156 valence electrons. The van der Waals surface area contributed by atoms with E-state index in [1.54, 1.807) is 6.07 Å². The normalized spacial score (nSPS) is 9.87. The van der Waals surface area contributed by atoms with Crippen molar-refractivity contribution in [2.24, 2.45) is 0 Å². The summed E-state index contributed by atoms with van der Waals surface area (Å²) in [6.45, 7) is 0.141. The number of halogens is 4. The van der Waals surface area contributed by atoms with Crippen LogP contribution < -0.4 is 5.32 Å². The van der Waals surface area contributed by atoms with E-state index < -0.39 is 23.7 Å². The molecule has 0 saturated heterocycles. The zero-order valence-corrected chi connectivity index (χ0v) is 18.4. The number of carbonyl (C=O) groups excluding carboxylic acids is 1. The Morgan fingerprint density at radius 1 is 0.900 bits per heavy atom. The van der Waals surface area contributed by atoms with Gasteiger partial charge in [0.1, 0.15) is 18.2 Å². The first-order valence-electron chi connectivity index (χ1n) is 8.37. The maximum absolute atomic E-state index is 13.4. The molecule has 0 aliphatic carbocycles. The molecule has 0 bridgehead atoms. The van der Waals surface area contributed by atoms with Gasteiger partial charge < -0.3 is 9.84 Å². The summed E-state index contributed by atoms with van der Waals surface area (Å²) in [6, 6.07) is 17.3. The lowest BCUT2D eigenvalue weighted by atomic mass is 10.2. The van der Waals surface area contributed by atoms with E-state index in [1.807, 2.05) is 30.3 Å². The van der Waals surface area contributed by atoms with Gasteiger partial charge in [-0.15, -0.1) is 0 Å². The second-order valence-corrected chi connectivity index (χ2v) is 7.57. The molecule has 0 heterocycles. The van der Waals surface area contributed by atoms with E-state index in [2.05, 4.69) is 37.2 Å². The number of benzene rings is 3. The van der Waals surface area contributed by atoms with Crippen LogP contribution in [0.1, 0.15) is 15.9 Å². The molecule has 3 aromatic rings. The first-order valence-corrected chi connectivity index (χ1v) is 9.96. The second kappa shape index (κ2) is 11.4. The number of carbonyl (C=O) groups is 2. The summed E-state index contributed by atoms with van der Waals surface area (Å²) in [6.07, 6.45) is -0.694. The zero-order valence-electron chi connectivity index (χ0n) is 15.2. The van der Waals surface area contributed by atoms with Crippen molar-refractivity contribution in [3.63, 3.8) is 0 Å². The number of carboxylic acid groups (broad SMARTS) is 1. The van der Waals surface area contributed by atoms with Crippen LogP contribution in [-0.2, 0) is 11.3 Å². The minimum Gasteiger partial charge on any atom is -0.478 e. The van der Waals surface area contributed by atoms with Crippen molar-refractivity contribution in [2.75, 3.05) is 5.32 Å². The number of nitrogens with one attached hydrogen (secondary N) is 1. The Morgan fingerprint density at radius 2 is 1.50 bits per heavy atom. The lowest BCUT2D eigenvalue weighted by Gasteiger charge is -2.08. The third-order valence-electron chi connectivity index (χ3n) is 3.54. The zero-order chi connectivity index (χ0) is 22.1. The molecule has 0 radical (unpaired) electrons. The highest BCUT2D eigenvalue weighted by atomic mass is 79.9. The Balaban J connectivity index is 0.000000248. The molecule has 0 spiro atoms. The van der Waals surface area contributed by atoms with Gasteiger partial charge in [-0.3, -0.25) is 5.32 Å². The van der Waals surface area contributed by atoms with Crippen molar-refractivity contribution in [1.29, 1.82) is 0 Å². The van der Waals surface area contributed by atoms with E-state index in [0.717, 1.165) is 11.6 Å². The third kappa shape index (κ3) is 7.57. The van der Waals surface area contributed by atoms with Crippen LogP contribution in [0.5, 0.6) is 0 Å². The van der Waals surface area contributed by atoms with Gasteiger partial charge in [-0.2, -0.15) is 0 Å². The maximum atomic E-state index is 13.4. The molecule has 2 N–H and O–H groups in total. The molecule has 0 aliphatic rings. The SMILES string of the molecule is O=C(Nc1cc(Br)ccc1F)OCc1ccccc1.O=C(O)c1cc(Br)ccc1F. The van der Waals surface area contributed by atoms with Crippen molar-refractivity contribution in [2.45, 2.75) is 6.61 Å². The standard InChI is InChI=1S/C14H11BrFNO2.C7H4BrFO2/c15-11-6-7-12(16)13(8-11)17-14(18)19-9-10-4-2-1-3-5-10;8-4-1-2-6(9)5(3-4)7(10)11/h1-8H,9H2,(H,17,18);1-3H,(H,10,11). The summed E-state index contributed by atoms with van der Waals surface area (Å²) in [4.78, 5) is 21.8. The van der Waals surface area contributed by atoms with Gasteiger partial charge in [0.15, 0.2) is 0 Å². The van der Waals surface area contributed by atoms with Crippen molar-refractivity contribution >= 4 is 49.6 Å². The Morgan fingerprint density at radius 3 is 2.10 bits per heavy atom. The van der Waals surface area contributed by atoms with Gasteiger partial charge in [-0.1, -0.05) is 62.2 Å². The Hall–Kier alpha value is -2.78. The lowest BCUT2D eigenvalue weighted by Crippen LogP contribution is -2.14. The van der Waals surface area contributed by atoms with Crippen molar-refractivity contribution < 1.29 is 28.2 Å². The lowest BCUT2D eigenvalue weighted by molar-refractivity contribution is 0.0691. The average molecular weight is 543 g/mol. The molecule has 3 rings (SSSR count). The number of ether oxygens (including phenoxy) is 1. The predicted molar refractivity (Wildman–Crippen MR) is 115 cm³/mol. The third-order valence-corrected chi connectivity index (χ3v) is 4.52. The monoisotopic (exact) mass is 541 g/mol. The highest BCUT2D eigenvalue weighted by Crippen LogP contribution is 2.20. The molecule has 5 nitrogen and oxygen atoms in total. The number of hydrogen-bond donors (Lipinski definition) is 2. The fraction of sp³-hybridized carbons (Fsp3) is 0.0476. The van der Waals surface area contributed by atoms with Gasteiger partial charge in [-0.25, -0.2) is 18.4 Å². The molecule has 30 heavy (non-hydrogen) atoms. The van der Waals surface area contributed by atoms with E-state index in [-0.39, 0.29) is 17.9 Å². The van der Waals surface area contributed by atoms with E-state index in [4.69, 9.17) is 9.84 Å². The highest BCUT2D eigenvalue weighted by Gasteiger charge is 2.09. The molecule has 3 aromatic carbocycles. The quantitative estimate of drug-likeness (QED) is 0.388. The molecule has 0 unspecified atom stereocenters. The fourth-order valence-electron chi connectivity index (χ4n) is 2.12. The van der Waals surface area contributed by atoms with Gasteiger partial charge in [0.05, 0.1) is 11.3 Å². The summed E-state index contributed by atoms with van der Waals surface area (Å²) in [5, 5.41) is 10.8. The first kappa shape index (κ1) is 23.5. The summed E-state index contributed by atoms with van der Waals surface area (Å²) >= 11 is 6.24. The van der Waals surface area contributed by atoms with E-state index in [0.29, 0.717) is 8.95 Å². The molecular formula is C21H15Br2F2NO4. The Labute approximate surface area is 187 Å². The number of anilines is 1. The topological polar surface area (TPSA) is 75.6 Å². The molecule has 0 aromatic heterocycles. The summed E-state index contributed by atoms with van der Waals surface area (Å²) in [7, 11) is 0. The van der Waals surface area contributed by atoms with E-state index >= 15 is 0 Å². The average Bonchev–Trinajstić information content (AvgIpc) is 2.72. The minimum atomic E-state index is -1.26.